The summed E-state index contributed by atoms with van der Waals surface area (Å²) < 4.78 is 25.0. The van der Waals surface area contributed by atoms with Gasteiger partial charge in [0.05, 0.1) is 11.4 Å². The lowest BCUT2D eigenvalue weighted by atomic mass is 10.1. The van der Waals surface area contributed by atoms with Crippen LogP contribution in [0.15, 0.2) is 109 Å². The number of para-hydroxylation sites is 6. The normalized spacial score (nSPS) is 10.7. The molecule has 4 N–H and O–H groups in total. The van der Waals surface area contributed by atoms with Gasteiger partial charge in [-0.1, -0.05) is 68.4 Å². The van der Waals surface area contributed by atoms with Crippen LogP contribution in [0.25, 0.3) is 0 Å². The number of nitrogens with two attached hydrogens (primary N) is 2. The topological polar surface area (TPSA) is 89.0 Å². The quantitative estimate of drug-likeness (QED) is 0.174. The highest BCUT2D eigenvalue weighted by atomic mass is 16.5. The SMILES string of the molecule is CCc1cccc(N)c1Oc1ccccc1Oc1cccc(Oc2ccccc2Oc2c(N)cccc2CC)c1. The second-order valence-electron chi connectivity index (χ2n) is 9.15. The largest absolute Gasteiger partial charge is 0.453 e. The van der Waals surface area contributed by atoms with Gasteiger partial charge in [-0.3, -0.25) is 0 Å². The molecule has 0 amide bonds. The maximum absolute atomic E-state index is 6.25. The van der Waals surface area contributed by atoms with Crippen LogP contribution in [0.5, 0.6) is 46.0 Å². The van der Waals surface area contributed by atoms with Crippen molar-refractivity contribution in [1.29, 1.82) is 0 Å². The minimum atomic E-state index is 0.556. The molecule has 0 aliphatic rings. The predicted molar refractivity (Wildman–Crippen MR) is 160 cm³/mol. The first kappa shape index (κ1) is 26.5. The van der Waals surface area contributed by atoms with Gasteiger partial charge in [0.25, 0.3) is 0 Å². The number of hydrogen-bond acceptors (Lipinski definition) is 6. The molecule has 0 fully saturated rings. The molecule has 6 nitrogen and oxygen atoms in total. The van der Waals surface area contributed by atoms with Gasteiger partial charge in [0, 0.05) is 6.07 Å². The molecule has 0 atom stereocenters. The molecule has 0 saturated carbocycles. The highest BCUT2D eigenvalue weighted by Gasteiger charge is 2.14. The van der Waals surface area contributed by atoms with E-state index in [1.54, 1.807) is 0 Å². The minimum Gasteiger partial charge on any atom is -0.453 e. The fourth-order valence-electron chi connectivity index (χ4n) is 4.33. The first-order valence-corrected chi connectivity index (χ1v) is 13.3. The summed E-state index contributed by atoms with van der Waals surface area (Å²) in [5.41, 5.74) is 15.7. The number of ether oxygens (including phenoxy) is 4. The highest BCUT2D eigenvalue weighted by molar-refractivity contribution is 5.61. The summed E-state index contributed by atoms with van der Waals surface area (Å²) in [6.07, 6.45) is 1.59. The van der Waals surface area contributed by atoms with Crippen LogP contribution in [-0.2, 0) is 12.8 Å². The molecule has 0 bridgehead atoms. The fourth-order valence-corrected chi connectivity index (χ4v) is 4.33. The Kier molecular flexibility index (Phi) is 8.07. The molecule has 0 aliphatic heterocycles. The first-order chi connectivity index (χ1) is 19.6. The minimum absolute atomic E-state index is 0.556. The standard InChI is InChI=1S/C34H32N2O4/c1-3-23-12-9-16-27(35)33(23)39-31-20-7-5-18-29(31)37-25-14-11-15-26(22-25)38-30-19-6-8-21-32(30)40-34-24(4-2)13-10-17-28(34)36/h5-22H,3-4,35-36H2,1-2H3. The summed E-state index contributed by atoms with van der Waals surface area (Å²) >= 11 is 0. The van der Waals surface area contributed by atoms with E-state index in [1.165, 1.54) is 0 Å². The molecule has 0 aliphatic carbocycles. The lowest BCUT2D eigenvalue weighted by molar-refractivity contribution is 0.407. The van der Waals surface area contributed by atoms with Crippen molar-refractivity contribution in [2.24, 2.45) is 0 Å². The second kappa shape index (κ2) is 12.2. The number of hydrogen-bond donors (Lipinski definition) is 2. The van der Waals surface area contributed by atoms with E-state index in [1.807, 2.05) is 109 Å². The Morgan fingerprint density at radius 3 is 1.23 bits per heavy atom. The molecule has 5 aromatic rings. The number of aryl methyl sites for hydroxylation is 2. The Balaban J connectivity index is 1.38. The van der Waals surface area contributed by atoms with E-state index in [0.29, 0.717) is 57.4 Å². The van der Waals surface area contributed by atoms with Crippen LogP contribution in [0.2, 0.25) is 0 Å². The molecule has 202 valence electrons. The maximum Gasteiger partial charge on any atom is 0.170 e. The van der Waals surface area contributed by atoms with Crippen molar-refractivity contribution in [2.75, 3.05) is 11.5 Å². The van der Waals surface area contributed by atoms with Gasteiger partial charge in [-0.05, 0) is 72.5 Å². The third-order valence-corrected chi connectivity index (χ3v) is 6.40. The Morgan fingerprint density at radius 1 is 0.450 bits per heavy atom. The summed E-state index contributed by atoms with van der Waals surface area (Å²) in [6.45, 7) is 4.13. The van der Waals surface area contributed by atoms with Crippen molar-refractivity contribution in [3.8, 4) is 46.0 Å². The van der Waals surface area contributed by atoms with E-state index in [0.717, 1.165) is 24.0 Å². The van der Waals surface area contributed by atoms with Gasteiger partial charge in [0.1, 0.15) is 11.5 Å². The molecule has 0 heterocycles. The summed E-state index contributed by atoms with van der Waals surface area (Å²) in [7, 11) is 0. The van der Waals surface area contributed by atoms with E-state index < -0.39 is 0 Å². The van der Waals surface area contributed by atoms with Crippen molar-refractivity contribution in [3.05, 3.63) is 120 Å². The molecular weight excluding hydrogens is 500 g/mol. The van der Waals surface area contributed by atoms with Gasteiger partial charge >= 0.3 is 0 Å². The highest BCUT2D eigenvalue weighted by Crippen LogP contribution is 2.41. The van der Waals surface area contributed by atoms with E-state index in [4.69, 9.17) is 30.4 Å². The number of benzene rings is 5. The van der Waals surface area contributed by atoms with E-state index in [2.05, 4.69) is 13.8 Å². The second-order valence-corrected chi connectivity index (χ2v) is 9.15. The summed E-state index contributed by atoms with van der Waals surface area (Å²) in [6, 6.07) is 33.9. The van der Waals surface area contributed by atoms with E-state index in [-0.39, 0.29) is 0 Å². The molecule has 0 unspecified atom stereocenters. The van der Waals surface area contributed by atoms with Crippen LogP contribution >= 0.6 is 0 Å². The number of nitrogen functional groups attached to an aromatic ring is 2. The average Bonchev–Trinajstić information content (AvgIpc) is 2.97. The Labute approximate surface area is 234 Å². The van der Waals surface area contributed by atoms with Crippen molar-refractivity contribution < 1.29 is 18.9 Å². The zero-order valence-corrected chi connectivity index (χ0v) is 22.6. The lowest BCUT2D eigenvalue weighted by Crippen LogP contribution is -1.98. The van der Waals surface area contributed by atoms with Crippen LogP contribution in [-0.4, -0.2) is 0 Å². The molecule has 6 heteroatoms. The number of rotatable bonds is 10. The average molecular weight is 533 g/mol. The molecule has 0 spiro atoms. The molecule has 0 radical (unpaired) electrons. The Bertz CT molecular complexity index is 1500. The van der Waals surface area contributed by atoms with Gasteiger partial charge in [-0.25, -0.2) is 0 Å². The third kappa shape index (κ3) is 5.97. The Hall–Kier alpha value is -5.10. The van der Waals surface area contributed by atoms with Crippen molar-refractivity contribution in [2.45, 2.75) is 26.7 Å². The van der Waals surface area contributed by atoms with Crippen LogP contribution in [0.3, 0.4) is 0 Å². The van der Waals surface area contributed by atoms with Crippen LogP contribution < -0.4 is 30.4 Å². The summed E-state index contributed by atoms with van der Waals surface area (Å²) in [5.74, 6) is 4.69. The van der Waals surface area contributed by atoms with Crippen molar-refractivity contribution >= 4 is 11.4 Å². The molecular formula is C34H32N2O4. The zero-order chi connectivity index (χ0) is 27.9. The monoisotopic (exact) mass is 532 g/mol. The van der Waals surface area contributed by atoms with Crippen LogP contribution in [0.4, 0.5) is 11.4 Å². The number of anilines is 2. The molecule has 0 aromatic heterocycles. The molecule has 5 rings (SSSR count). The fraction of sp³-hybridized carbons (Fsp3) is 0.118. The maximum atomic E-state index is 6.25. The van der Waals surface area contributed by atoms with Crippen LogP contribution in [0, 0.1) is 0 Å². The molecule has 0 saturated heterocycles. The molecule has 5 aromatic carbocycles. The van der Waals surface area contributed by atoms with E-state index >= 15 is 0 Å². The van der Waals surface area contributed by atoms with E-state index in [9.17, 15) is 0 Å². The van der Waals surface area contributed by atoms with Gasteiger partial charge in [0.2, 0.25) is 0 Å². The summed E-state index contributed by atoms with van der Waals surface area (Å²) in [5, 5.41) is 0. The predicted octanol–water partition coefficient (Wildman–Crippen LogP) is 9.14. The van der Waals surface area contributed by atoms with Crippen molar-refractivity contribution in [1.82, 2.24) is 0 Å². The first-order valence-electron chi connectivity index (χ1n) is 13.3. The van der Waals surface area contributed by atoms with Gasteiger partial charge in [-0.2, -0.15) is 0 Å². The van der Waals surface area contributed by atoms with Crippen molar-refractivity contribution in [3.63, 3.8) is 0 Å². The summed E-state index contributed by atoms with van der Waals surface area (Å²) in [4.78, 5) is 0. The third-order valence-electron chi connectivity index (χ3n) is 6.40. The molecule has 40 heavy (non-hydrogen) atoms. The Morgan fingerprint density at radius 2 is 0.825 bits per heavy atom. The zero-order valence-electron chi connectivity index (χ0n) is 22.6. The van der Waals surface area contributed by atoms with Gasteiger partial charge < -0.3 is 30.4 Å². The van der Waals surface area contributed by atoms with Gasteiger partial charge in [0.15, 0.2) is 34.5 Å². The van der Waals surface area contributed by atoms with Gasteiger partial charge in [-0.15, -0.1) is 0 Å². The smallest absolute Gasteiger partial charge is 0.170 e. The van der Waals surface area contributed by atoms with Crippen LogP contribution in [0.1, 0.15) is 25.0 Å². The lowest BCUT2D eigenvalue weighted by Gasteiger charge is -2.17.